The third-order valence-electron chi connectivity index (χ3n) is 5.53. The molecular formula is C20H26N2O4S. The number of hydrogen-bond acceptors (Lipinski definition) is 4. The van der Waals surface area contributed by atoms with Crippen molar-refractivity contribution in [2.75, 3.05) is 13.1 Å². The van der Waals surface area contributed by atoms with Crippen LogP contribution in [-0.4, -0.2) is 49.6 Å². The molecule has 1 aromatic carbocycles. The van der Waals surface area contributed by atoms with Gasteiger partial charge >= 0.3 is 0 Å². The van der Waals surface area contributed by atoms with E-state index in [1.165, 1.54) is 18.6 Å². The number of terminal acetylenes is 1. The number of hydrogen-bond donors (Lipinski definition) is 2. The number of nitrogens with zero attached hydrogens (tertiary/aromatic N) is 1. The van der Waals surface area contributed by atoms with Gasteiger partial charge in [0.05, 0.1) is 17.5 Å². The van der Waals surface area contributed by atoms with Crippen molar-refractivity contribution in [3.05, 3.63) is 29.8 Å². The topological polar surface area (TPSA) is 86.7 Å². The lowest BCUT2D eigenvalue weighted by molar-refractivity contribution is 0.0650. The Bertz CT molecular complexity index is 825. The number of aliphatic hydroxyl groups is 1. The number of nitrogens with one attached hydrogen (secondary N) is 1. The molecule has 1 aromatic rings. The average molecular weight is 391 g/mol. The van der Waals surface area contributed by atoms with Crippen LogP contribution in [0.3, 0.4) is 0 Å². The minimum Gasteiger partial charge on any atom is -0.391 e. The van der Waals surface area contributed by atoms with E-state index in [0.29, 0.717) is 24.4 Å². The average Bonchev–Trinajstić information content (AvgIpc) is 3.08. The molecule has 1 saturated carbocycles. The van der Waals surface area contributed by atoms with E-state index in [1.807, 2.05) is 0 Å². The Morgan fingerprint density at radius 3 is 2.74 bits per heavy atom. The summed E-state index contributed by atoms with van der Waals surface area (Å²) in [4.78, 5) is 14.9. The Morgan fingerprint density at radius 1 is 1.30 bits per heavy atom. The molecule has 1 heterocycles. The monoisotopic (exact) mass is 390 g/mol. The quantitative estimate of drug-likeness (QED) is 0.750. The van der Waals surface area contributed by atoms with Gasteiger partial charge in [0, 0.05) is 18.2 Å². The van der Waals surface area contributed by atoms with Crippen molar-refractivity contribution in [1.82, 2.24) is 9.62 Å². The fraction of sp³-hybridized carbons (Fsp3) is 0.550. The molecule has 0 radical (unpaired) electrons. The van der Waals surface area contributed by atoms with E-state index in [4.69, 9.17) is 6.42 Å². The second-order valence-electron chi connectivity index (χ2n) is 7.37. The summed E-state index contributed by atoms with van der Waals surface area (Å²) >= 11 is 0. The third kappa shape index (κ3) is 4.52. The summed E-state index contributed by atoms with van der Waals surface area (Å²) in [5.41, 5.74) is 0.313. The van der Waals surface area contributed by atoms with Crippen LogP contribution in [0.2, 0.25) is 0 Å². The van der Waals surface area contributed by atoms with E-state index in [0.717, 1.165) is 25.7 Å². The van der Waals surface area contributed by atoms with E-state index in [1.54, 1.807) is 17.0 Å². The Hall–Kier alpha value is -1.88. The minimum atomic E-state index is -3.76. The maximum absolute atomic E-state index is 13.1. The molecule has 3 rings (SSSR count). The third-order valence-corrected chi connectivity index (χ3v) is 6.93. The van der Waals surface area contributed by atoms with Crippen LogP contribution in [0, 0.1) is 18.3 Å². The van der Waals surface area contributed by atoms with Crippen molar-refractivity contribution < 1.29 is 18.3 Å². The minimum absolute atomic E-state index is 0.0116. The van der Waals surface area contributed by atoms with Gasteiger partial charge in [0.15, 0.2) is 0 Å². The first-order chi connectivity index (χ1) is 12.9. The van der Waals surface area contributed by atoms with Crippen molar-refractivity contribution in [2.45, 2.75) is 55.6 Å². The lowest BCUT2D eigenvalue weighted by Gasteiger charge is -2.34. The molecule has 6 nitrogen and oxygen atoms in total. The highest BCUT2D eigenvalue weighted by atomic mass is 32.2. The van der Waals surface area contributed by atoms with Gasteiger partial charge in [-0.25, -0.2) is 8.42 Å². The van der Waals surface area contributed by atoms with Crippen LogP contribution in [0.4, 0.5) is 0 Å². The summed E-state index contributed by atoms with van der Waals surface area (Å²) in [7, 11) is -3.76. The number of amides is 1. The van der Waals surface area contributed by atoms with E-state index in [-0.39, 0.29) is 23.4 Å². The number of aliphatic hydroxyl groups excluding tert-OH is 1. The molecule has 146 valence electrons. The van der Waals surface area contributed by atoms with Gasteiger partial charge < -0.3 is 10.0 Å². The van der Waals surface area contributed by atoms with Gasteiger partial charge in [0.2, 0.25) is 10.0 Å². The molecule has 0 bridgehead atoms. The maximum atomic E-state index is 13.1. The Morgan fingerprint density at radius 2 is 2.04 bits per heavy atom. The van der Waals surface area contributed by atoms with Crippen molar-refractivity contribution in [3.63, 3.8) is 0 Å². The van der Waals surface area contributed by atoms with Gasteiger partial charge in [0.25, 0.3) is 5.91 Å². The normalized spacial score (nSPS) is 23.9. The highest BCUT2D eigenvalue weighted by molar-refractivity contribution is 7.89. The summed E-state index contributed by atoms with van der Waals surface area (Å²) in [5, 5.41) is 10.2. The first kappa shape index (κ1) is 19.9. The fourth-order valence-electron chi connectivity index (χ4n) is 4.22. The Kier molecular flexibility index (Phi) is 6.20. The van der Waals surface area contributed by atoms with E-state index < -0.39 is 16.1 Å². The molecule has 7 heteroatoms. The van der Waals surface area contributed by atoms with Crippen LogP contribution in [-0.2, 0) is 10.0 Å². The maximum Gasteiger partial charge on any atom is 0.254 e. The number of β-amino-alcohol motifs (C(OH)–C–C–N with tert-alkyl or cyclic N) is 1. The standard InChI is InChI=1S/C20H26N2O4S/c1-2-11-21-27(25,26)18-10-6-9-16(12-18)20(24)22-14-17(23)13-19(22)15-7-4-3-5-8-15/h1,6,9-10,12,15,17,19,21,23H,3-5,7-8,11,13-14H2/t17-,19-/m1/s1. The van der Waals surface area contributed by atoms with Crippen molar-refractivity contribution in [1.29, 1.82) is 0 Å². The van der Waals surface area contributed by atoms with Gasteiger partial charge in [-0.3, -0.25) is 4.79 Å². The molecule has 27 heavy (non-hydrogen) atoms. The summed E-state index contributed by atoms with van der Waals surface area (Å²) in [6, 6.07) is 6.01. The van der Waals surface area contributed by atoms with Gasteiger partial charge in [0.1, 0.15) is 0 Å². The summed E-state index contributed by atoms with van der Waals surface area (Å²) in [6.07, 6.45) is 10.9. The lowest BCUT2D eigenvalue weighted by Crippen LogP contribution is -2.41. The van der Waals surface area contributed by atoms with Crippen molar-refractivity contribution in [2.24, 2.45) is 5.92 Å². The lowest BCUT2D eigenvalue weighted by atomic mass is 9.82. The van der Waals surface area contributed by atoms with Crippen molar-refractivity contribution >= 4 is 15.9 Å². The summed E-state index contributed by atoms with van der Waals surface area (Å²) < 4.78 is 26.9. The summed E-state index contributed by atoms with van der Waals surface area (Å²) in [5.74, 6) is 2.41. The number of rotatable bonds is 5. The number of sulfonamides is 1. The number of benzene rings is 1. The molecule has 1 amide bonds. The SMILES string of the molecule is C#CCNS(=O)(=O)c1cccc(C(=O)N2C[C@H](O)C[C@@H]2C2CCCCC2)c1. The molecule has 0 spiro atoms. The van der Waals surface area contributed by atoms with Gasteiger partial charge in [-0.15, -0.1) is 6.42 Å². The first-order valence-electron chi connectivity index (χ1n) is 9.44. The molecule has 1 aliphatic heterocycles. The molecule has 1 saturated heterocycles. The van der Waals surface area contributed by atoms with E-state index in [2.05, 4.69) is 10.6 Å². The fourth-order valence-corrected chi connectivity index (χ4v) is 5.20. The van der Waals surface area contributed by atoms with E-state index in [9.17, 15) is 18.3 Å². The predicted octanol–water partition coefficient (Wildman–Crippen LogP) is 1.75. The number of likely N-dealkylation sites (tertiary alicyclic amines) is 1. The molecule has 2 aliphatic rings. The number of carbonyl (C=O) groups is 1. The molecule has 0 unspecified atom stereocenters. The molecule has 1 aliphatic carbocycles. The zero-order valence-corrected chi connectivity index (χ0v) is 16.1. The Balaban J connectivity index is 1.82. The van der Waals surface area contributed by atoms with Crippen LogP contribution in [0.5, 0.6) is 0 Å². The van der Waals surface area contributed by atoms with Gasteiger partial charge in [-0.1, -0.05) is 31.2 Å². The van der Waals surface area contributed by atoms with Gasteiger partial charge in [-0.05, 0) is 43.4 Å². The molecule has 2 N–H and O–H groups in total. The zero-order chi connectivity index (χ0) is 19.4. The highest BCUT2D eigenvalue weighted by Gasteiger charge is 2.39. The number of carbonyl (C=O) groups excluding carboxylic acids is 1. The molecule has 2 fully saturated rings. The van der Waals surface area contributed by atoms with Crippen LogP contribution in [0.1, 0.15) is 48.9 Å². The van der Waals surface area contributed by atoms with E-state index >= 15 is 0 Å². The smallest absolute Gasteiger partial charge is 0.254 e. The predicted molar refractivity (Wildman–Crippen MR) is 102 cm³/mol. The second-order valence-corrected chi connectivity index (χ2v) is 9.14. The molecular weight excluding hydrogens is 364 g/mol. The summed E-state index contributed by atoms with van der Waals surface area (Å²) in [6.45, 7) is 0.189. The zero-order valence-electron chi connectivity index (χ0n) is 15.3. The van der Waals surface area contributed by atoms with Gasteiger partial charge in [-0.2, -0.15) is 4.72 Å². The Labute approximate surface area is 161 Å². The van der Waals surface area contributed by atoms with Crippen LogP contribution >= 0.6 is 0 Å². The first-order valence-corrected chi connectivity index (χ1v) is 10.9. The van der Waals surface area contributed by atoms with Crippen molar-refractivity contribution in [3.8, 4) is 12.3 Å². The van der Waals surface area contributed by atoms with Crippen LogP contribution in [0.25, 0.3) is 0 Å². The largest absolute Gasteiger partial charge is 0.391 e. The van der Waals surface area contributed by atoms with Crippen LogP contribution in [0.15, 0.2) is 29.2 Å². The highest BCUT2D eigenvalue weighted by Crippen LogP contribution is 2.35. The van der Waals surface area contributed by atoms with Crippen LogP contribution < -0.4 is 4.72 Å². The second kappa shape index (κ2) is 8.42. The molecule has 2 atom stereocenters. The molecule has 0 aromatic heterocycles.